The largest absolute Gasteiger partial charge is 0.316 e. The zero-order chi connectivity index (χ0) is 11.7. The summed E-state index contributed by atoms with van der Waals surface area (Å²) >= 11 is 3.94. The zero-order valence-electron chi connectivity index (χ0n) is 10.8. The van der Waals surface area contributed by atoms with Crippen molar-refractivity contribution < 1.29 is 0 Å². The first-order chi connectivity index (χ1) is 5.98. The molecule has 0 saturated carbocycles. The van der Waals surface area contributed by atoms with Gasteiger partial charge in [0.15, 0.2) is 0 Å². The highest BCUT2D eigenvalue weighted by Gasteiger charge is 2.39. The summed E-state index contributed by atoms with van der Waals surface area (Å²) in [5.41, 5.74) is 0.753. The maximum Gasteiger partial charge on any atom is 0.116 e. The van der Waals surface area contributed by atoms with Gasteiger partial charge in [0.1, 0.15) is 16.5 Å². The lowest BCUT2D eigenvalue weighted by atomic mass is 10.6. The minimum Gasteiger partial charge on any atom is -0.316 e. The summed E-state index contributed by atoms with van der Waals surface area (Å²) in [6.45, 7) is 19.3. The first-order valence-electron chi connectivity index (χ1n) is 5.23. The van der Waals surface area contributed by atoms with Gasteiger partial charge in [-0.2, -0.15) is 0 Å². The Bertz CT molecular complexity index is 172. The summed E-state index contributed by atoms with van der Waals surface area (Å²) in [5.74, 6) is 0. The van der Waals surface area contributed by atoms with Crippen LogP contribution >= 0.6 is 22.3 Å². The summed E-state index contributed by atoms with van der Waals surface area (Å²) in [6, 6.07) is 0. The lowest BCUT2D eigenvalue weighted by Gasteiger charge is -2.47. The first-order valence-corrected chi connectivity index (χ1v) is 15.5. The van der Waals surface area contributed by atoms with Gasteiger partial charge in [0.25, 0.3) is 0 Å². The molecule has 0 radical (unpaired) electrons. The minimum atomic E-state index is -1.17. The number of hydrogen-bond donors (Lipinski definition) is 0. The minimum absolute atomic E-state index is 0.110. The van der Waals surface area contributed by atoms with Crippen LogP contribution in [-0.4, -0.2) is 26.1 Å². The summed E-state index contributed by atoms with van der Waals surface area (Å²) in [6.07, 6.45) is 0. The second-order valence-electron chi connectivity index (χ2n) is 6.04. The fourth-order valence-electron chi connectivity index (χ4n) is 1.81. The van der Waals surface area contributed by atoms with E-state index in [0.29, 0.717) is 0 Å². The van der Waals surface area contributed by atoms with Gasteiger partial charge in [-0.05, 0) is 21.1 Å². The van der Waals surface area contributed by atoms with Crippen LogP contribution in [0.5, 0.6) is 0 Å². The fourth-order valence-corrected chi connectivity index (χ4v) is 24.9. The van der Waals surface area contributed by atoms with E-state index in [0.717, 1.165) is 5.66 Å². The predicted octanol–water partition coefficient (Wildman–Crippen LogP) is 5.07. The number of hydrogen-bond acceptors (Lipinski definition) is 1. The average Bonchev–Trinajstić information content (AvgIpc) is 1.79. The van der Waals surface area contributed by atoms with Gasteiger partial charge in [0, 0.05) is 6.77 Å². The molecular weight excluding hydrogens is 289 g/mol. The highest BCUT2D eigenvalue weighted by Crippen LogP contribution is 2.57. The van der Waals surface area contributed by atoms with E-state index < -0.39 is 16.5 Å². The molecule has 0 saturated heterocycles. The lowest BCUT2D eigenvalue weighted by molar-refractivity contribution is 0.940. The second kappa shape index (κ2) is 5.09. The van der Waals surface area contributed by atoms with E-state index in [1.54, 1.807) is 0 Å². The van der Waals surface area contributed by atoms with Gasteiger partial charge in [-0.25, -0.2) is 0 Å². The monoisotopic (exact) mass is 313 g/mol. The highest BCUT2D eigenvalue weighted by atomic mass is 79.9. The Morgan fingerprint density at radius 1 is 0.929 bits per heavy atom. The number of rotatable bonds is 4. The molecule has 0 fully saturated rings. The van der Waals surface area contributed by atoms with Crippen molar-refractivity contribution in [2.45, 2.75) is 58.8 Å². The Balaban J connectivity index is 4.94. The van der Waals surface area contributed by atoms with E-state index in [4.69, 9.17) is 0 Å². The maximum absolute atomic E-state index is 3.94. The lowest BCUT2D eigenvalue weighted by Crippen LogP contribution is -2.55. The molecule has 5 heteroatoms. The van der Waals surface area contributed by atoms with Crippen LogP contribution in [-0.2, 0) is 0 Å². The Labute approximate surface area is 101 Å². The molecule has 14 heavy (non-hydrogen) atoms. The Morgan fingerprint density at radius 2 is 1.21 bits per heavy atom. The molecule has 0 aromatic rings. The van der Waals surface area contributed by atoms with Gasteiger partial charge in [0.05, 0.1) is 0 Å². The van der Waals surface area contributed by atoms with Crippen LogP contribution in [0.1, 0.15) is 13.8 Å². The molecule has 86 valence electrons. The van der Waals surface area contributed by atoms with E-state index in [-0.39, 0.29) is 6.77 Å². The van der Waals surface area contributed by atoms with Crippen LogP contribution < -0.4 is 0 Å². The Hall–Kier alpha value is 1.30. The molecule has 0 aliphatic carbocycles. The summed E-state index contributed by atoms with van der Waals surface area (Å²) in [7, 11) is -2.34. The normalized spacial score (nSPS) is 16.5. The van der Waals surface area contributed by atoms with Gasteiger partial charge in [-0.15, -0.1) is 0 Å². The van der Waals surface area contributed by atoms with Gasteiger partial charge in [0.2, 0.25) is 0 Å². The van der Waals surface area contributed by atoms with Crippen molar-refractivity contribution in [3.63, 3.8) is 0 Å². The van der Waals surface area contributed by atoms with E-state index in [1.807, 2.05) is 0 Å². The number of halogens is 1. The van der Waals surface area contributed by atoms with Crippen molar-refractivity contribution >= 4 is 38.7 Å². The number of nitrogens with zero attached hydrogens (tertiary/aromatic N) is 1. The quantitative estimate of drug-likeness (QED) is 0.517. The molecule has 0 heterocycles. The van der Waals surface area contributed by atoms with Gasteiger partial charge >= 0.3 is 0 Å². The van der Waals surface area contributed by atoms with Crippen LogP contribution in [0.3, 0.4) is 0 Å². The summed E-state index contributed by atoms with van der Waals surface area (Å²) in [4.78, 5) is 0. The molecule has 0 aliphatic rings. The van der Waals surface area contributed by atoms with E-state index >= 15 is 0 Å². The molecule has 0 aromatic heterocycles. The standard InChI is InChI=1S/C9H25BrNPSi2/c1-9(2)12(10)11(13(3,4)5)14(6,7)8/h9H,1-8H3. The summed E-state index contributed by atoms with van der Waals surface area (Å²) < 4.78 is 2.88. The molecular formula is C9H25BrNPSi2. The zero-order valence-corrected chi connectivity index (χ0v) is 15.3. The van der Waals surface area contributed by atoms with Crippen LogP contribution in [0.25, 0.3) is 0 Å². The third-order valence-corrected chi connectivity index (χ3v) is 19.7. The van der Waals surface area contributed by atoms with Crippen molar-refractivity contribution in [2.24, 2.45) is 0 Å². The van der Waals surface area contributed by atoms with E-state index in [9.17, 15) is 0 Å². The Kier molecular flexibility index (Phi) is 5.56. The summed E-state index contributed by atoms with van der Waals surface area (Å²) in [5, 5.41) is 0. The van der Waals surface area contributed by atoms with E-state index in [1.165, 1.54) is 0 Å². The first kappa shape index (κ1) is 15.3. The Morgan fingerprint density at radius 3 is 1.29 bits per heavy atom. The molecule has 0 spiro atoms. The SMILES string of the molecule is CC(C)P(Br)N([Si](C)(C)C)[Si](C)(C)C. The maximum atomic E-state index is 3.94. The van der Waals surface area contributed by atoms with Crippen LogP contribution in [0.15, 0.2) is 0 Å². The molecule has 1 unspecified atom stereocenters. The van der Waals surface area contributed by atoms with E-state index in [2.05, 4.69) is 72.6 Å². The van der Waals surface area contributed by atoms with Crippen LogP contribution in [0.4, 0.5) is 0 Å². The smallest absolute Gasteiger partial charge is 0.116 e. The molecule has 1 atom stereocenters. The van der Waals surface area contributed by atoms with Crippen molar-refractivity contribution in [1.82, 2.24) is 4.00 Å². The van der Waals surface area contributed by atoms with Crippen molar-refractivity contribution in [3.05, 3.63) is 0 Å². The topological polar surface area (TPSA) is 3.24 Å². The molecule has 0 aromatic carbocycles. The fraction of sp³-hybridized carbons (Fsp3) is 1.00. The van der Waals surface area contributed by atoms with Gasteiger partial charge < -0.3 is 4.00 Å². The molecule has 0 aliphatic heterocycles. The molecule has 0 bridgehead atoms. The molecule has 0 rings (SSSR count). The highest BCUT2D eigenvalue weighted by molar-refractivity contribution is 9.39. The second-order valence-corrected chi connectivity index (χ2v) is 21.0. The third kappa shape index (κ3) is 4.44. The van der Waals surface area contributed by atoms with Crippen LogP contribution in [0.2, 0.25) is 39.3 Å². The van der Waals surface area contributed by atoms with Gasteiger partial charge in [-0.1, -0.05) is 53.1 Å². The third-order valence-electron chi connectivity index (χ3n) is 1.89. The van der Waals surface area contributed by atoms with Crippen molar-refractivity contribution in [1.29, 1.82) is 0 Å². The molecule has 1 nitrogen and oxygen atoms in total. The molecule has 0 amide bonds. The van der Waals surface area contributed by atoms with Crippen LogP contribution in [0, 0.1) is 0 Å². The average molecular weight is 314 g/mol. The molecule has 0 N–H and O–H groups in total. The predicted molar refractivity (Wildman–Crippen MR) is 79.5 cm³/mol. The van der Waals surface area contributed by atoms with Crippen molar-refractivity contribution in [3.8, 4) is 0 Å². The van der Waals surface area contributed by atoms with Crippen molar-refractivity contribution in [2.75, 3.05) is 0 Å². The van der Waals surface area contributed by atoms with Gasteiger partial charge in [-0.3, -0.25) is 0 Å².